The summed E-state index contributed by atoms with van der Waals surface area (Å²) in [5, 5.41) is 9.09. The largest absolute Gasteiger partial charge is 0.371 e. The van der Waals surface area contributed by atoms with Crippen LogP contribution in [0.15, 0.2) is 52.8 Å². The number of para-hydroxylation sites is 1. The molecule has 1 saturated heterocycles. The minimum absolute atomic E-state index is 0.499. The molecule has 0 aliphatic carbocycles. The van der Waals surface area contributed by atoms with E-state index in [-0.39, 0.29) is 0 Å². The van der Waals surface area contributed by atoms with E-state index in [1.807, 2.05) is 18.4 Å². The molecule has 0 spiro atoms. The molecule has 5 heteroatoms. The van der Waals surface area contributed by atoms with Gasteiger partial charge in [0.15, 0.2) is 5.96 Å². The fourth-order valence-electron chi connectivity index (χ4n) is 3.26. The molecule has 1 aliphatic rings. The molecule has 134 valence electrons. The highest BCUT2D eigenvalue weighted by Gasteiger charge is 2.22. The maximum Gasteiger partial charge on any atom is 0.191 e. The predicted molar refractivity (Wildman–Crippen MR) is 109 cm³/mol. The Morgan fingerprint density at radius 2 is 2.08 bits per heavy atom. The highest BCUT2D eigenvalue weighted by Crippen LogP contribution is 2.23. The lowest BCUT2D eigenvalue weighted by atomic mass is 10.1. The van der Waals surface area contributed by atoms with Gasteiger partial charge in [0.1, 0.15) is 0 Å². The fourth-order valence-corrected chi connectivity index (χ4v) is 4.04. The molecular formula is C20H28N4S. The lowest BCUT2D eigenvalue weighted by Gasteiger charge is -2.20. The number of guanidine groups is 1. The summed E-state index contributed by atoms with van der Waals surface area (Å²) in [6.07, 6.45) is 1.23. The Morgan fingerprint density at radius 1 is 1.24 bits per heavy atom. The summed E-state index contributed by atoms with van der Waals surface area (Å²) >= 11 is 1.82. The Bertz CT molecular complexity index is 654. The first-order valence-electron chi connectivity index (χ1n) is 9.04. The lowest BCUT2D eigenvalue weighted by molar-refractivity contribution is 0.564. The molecule has 4 nitrogen and oxygen atoms in total. The number of nitrogens with zero attached hydrogens (tertiary/aromatic N) is 2. The Hall–Kier alpha value is -2.01. The van der Waals surface area contributed by atoms with Crippen molar-refractivity contribution in [1.82, 2.24) is 10.6 Å². The summed E-state index contributed by atoms with van der Waals surface area (Å²) in [6, 6.07) is 15.0. The highest BCUT2D eigenvalue weighted by molar-refractivity contribution is 7.10. The highest BCUT2D eigenvalue weighted by atomic mass is 32.1. The number of hydrogen-bond donors (Lipinski definition) is 2. The van der Waals surface area contributed by atoms with Crippen molar-refractivity contribution in [3.05, 3.63) is 52.7 Å². The molecule has 1 fully saturated rings. The SMILES string of the molecule is CN=C(NCC1CCN(c2ccccc2)C1)NCC(C)c1cccs1. The molecule has 0 radical (unpaired) electrons. The van der Waals surface area contributed by atoms with Crippen molar-refractivity contribution in [2.45, 2.75) is 19.3 Å². The fraction of sp³-hybridized carbons (Fsp3) is 0.450. The van der Waals surface area contributed by atoms with E-state index < -0.39 is 0 Å². The number of thiophene rings is 1. The molecule has 25 heavy (non-hydrogen) atoms. The minimum Gasteiger partial charge on any atom is -0.371 e. The molecule has 0 saturated carbocycles. The summed E-state index contributed by atoms with van der Waals surface area (Å²) < 4.78 is 0. The summed E-state index contributed by atoms with van der Waals surface area (Å²) in [4.78, 5) is 8.25. The van der Waals surface area contributed by atoms with Crippen LogP contribution in [0, 0.1) is 5.92 Å². The van der Waals surface area contributed by atoms with E-state index in [4.69, 9.17) is 0 Å². The molecule has 1 aromatic carbocycles. The van der Waals surface area contributed by atoms with Crippen LogP contribution < -0.4 is 15.5 Å². The van der Waals surface area contributed by atoms with Crippen molar-refractivity contribution >= 4 is 23.0 Å². The van der Waals surface area contributed by atoms with Gasteiger partial charge in [-0.1, -0.05) is 31.2 Å². The third-order valence-electron chi connectivity index (χ3n) is 4.79. The van der Waals surface area contributed by atoms with Gasteiger partial charge in [-0.05, 0) is 35.9 Å². The van der Waals surface area contributed by atoms with E-state index >= 15 is 0 Å². The number of rotatable bonds is 6. The quantitative estimate of drug-likeness (QED) is 0.614. The molecule has 3 rings (SSSR count). The minimum atomic E-state index is 0.499. The standard InChI is InChI=1S/C20H28N4S/c1-16(19-9-6-12-25-19)13-22-20(21-2)23-14-17-10-11-24(15-17)18-7-4-3-5-8-18/h3-9,12,16-17H,10-11,13-15H2,1-2H3,(H2,21,22,23). The van der Waals surface area contributed by atoms with Gasteiger partial charge in [0, 0.05) is 49.7 Å². The van der Waals surface area contributed by atoms with Crippen LogP contribution in [0.25, 0.3) is 0 Å². The second-order valence-corrected chi connectivity index (χ2v) is 7.67. The van der Waals surface area contributed by atoms with Crippen molar-refractivity contribution in [3.8, 4) is 0 Å². The average Bonchev–Trinajstić information content (AvgIpc) is 3.34. The first kappa shape index (κ1) is 17.8. The second-order valence-electron chi connectivity index (χ2n) is 6.69. The molecular weight excluding hydrogens is 328 g/mol. The van der Waals surface area contributed by atoms with Gasteiger partial charge in [-0.15, -0.1) is 11.3 Å². The normalized spacial score (nSPS) is 19.0. The van der Waals surface area contributed by atoms with Gasteiger partial charge in [0.25, 0.3) is 0 Å². The zero-order valence-electron chi connectivity index (χ0n) is 15.1. The van der Waals surface area contributed by atoms with Crippen LogP contribution in [0.2, 0.25) is 0 Å². The summed E-state index contributed by atoms with van der Waals surface area (Å²) in [7, 11) is 1.84. The topological polar surface area (TPSA) is 39.7 Å². The van der Waals surface area contributed by atoms with Crippen molar-refractivity contribution in [1.29, 1.82) is 0 Å². The van der Waals surface area contributed by atoms with Crippen LogP contribution in [0.4, 0.5) is 5.69 Å². The van der Waals surface area contributed by atoms with Gasteiger partial charge in [-0.2, -0.15) is 0 Å². The third-order valence-corrected chi connectivity index (χ3v) is 5.90. The van der Waals surface area contributed by atoms with Crippen molar-refractivity contribution in [3.63, 3.8) is 0 Å². The summed E-state index contributed by atoms with van der Waals surface area (Å²) in [5.74, 6) is 2.06. The Kier molecular flexibility index (Phi) is 6.34. The number of anilines is 1. The summed E-state index contributed by atoms with van der Waals surface area (Å²) in [6.45, 7) is 6.37. The van der Waals surface area contributed by atoms with Crippen molar-refractivity contribution in [2.24, 2.45) is 10.9 Å². The van der Waals surface area contributed by atoms with E-state index in [9.17, 15) is 0 Å². The smallest absolute Gasteiger partial charge is 0.191 e. The Morgan fingerprint density at radius 3 is 2.80 bits per heavy atom. The first-order valence-corrected chi connectivity index (χ1v) is 9.92. The molecule has 2 atom stereocenters. The molecule has 2 aromatic rings. The average molecular weight is 357 g/mol. The third kappa shape index (κ3) is 4.98. The van der Waals surface area contributed by atoms with E-state index in [1.165, 1.54) is 17.0 Å². The summed E-state index contributed by atoms with van der Waals surface area (Å²) in [5.41, 5.74) is 1.33. The van der Waals surface area contributed by atoms with Crippen LogP contribution in [0.1, 0.15) is 24.1 Å². The van der Waals surface area contributed by atoms with E-state index in [0.29, 0.717) is 11.8 Å². The zero-order chi connectivity index (χ0) is 17.5. The van der Waals surface area contributed by atoms with Gasteiger partial charge < -0.3 is 15.5 Å². The number of nitrogens with one attached hydrogen (secondary N) is 2. The van der Waals surface area contributed by atoms with Gasteiger partial charge >= 0.3 is 0 Å². The van der Waals surface area contributed by atoms with Crippen LogP contribution in [0.5, 0.6) is 0 Å². The van der Waals surface area contributed by atoms with Gasteiger partial charge in [-0.3, -0.25) is 4.99 Å². The van der Waals surface area contributed by atoms with Crippen LogP contribution in [-0.2, 0) is 0 Å². The van der Waals surface area contributed by atoms with Crippen molar-refractivity contribution in [2.75, 3.05) is 38.1 Å². The van der Waals surface area contributed by atoms with E-state index in [1.54, 1.807) is 0 Å². The van der Waals surface area contributed by atoms with Crippen LogP contribution >= 0.6 is 11.3 Å². The molecule has 1 aromatic heterocycles. The molecule has 2 unspecified atom stereocenters. The Balaban J connectivity index is 1.41. The maximum atomic E-state index is 4.36. The van der Waals surface area contributed by atoms with Gasteiger partial charge in [0.2, 0.25) is 0 Å². The van der Waals surface area contributed by atoms with E-state index in [2.05, 4.69) is 75.3 Å². The van der Waals surface area contributed by atoms with E-state index in [0.717, 1.165) is 32.1 Å². The van der Waals surface area contributed by atoms with Gasteiger partial charge in [-0.25, -0.2) is 0 Å². The monoisotopic (exact) mass is 356 g/mol. The lowest BCUT2D eigenvalue weighted by Crippen LogP contribution is -2.41. The predicted octanol–water partition coefficient (Wildman–Crippen LogP) is 3.54. The Labute approximate surface area is 155 Å². The number of aliphatic imine (C=N–C) groups is 1. The van der Waals surface area contributed by atoms with Gasteiger partial charge in [0.05, 0.1) is 0 Å². The maximum absolute atomic E-state index is 4.36. The molecule has 2 heterocycles. The second kappa shape index (κ2) is 8.90. The number of benzene rings is 1. The first-order chi connectivity index (χ1) is 12.3. The molecule has 0 bridgehead atoms. The molecule has 2 N–H and O–H groups in total. The van der Waals surface area contributed by atoms with Crippen LogP contribution in [-0.4, -0.2) is 39.2 Å². The number of hydrogen-bond acceptors (Lipinski definition) is 3. The van der Waals surface area contributed by atoms with Crippen molar-refractivity contribution < 1.29 is 0 Å². The molecule has 1 aliphatic heterocycles. The molecule has 0 amide bonds. The zero-order valence-corrected chi connectivity index (χ0v) is 15.9. The van der Waals surface area contributed by atoms with Crippen LogP contribution in [0.3, 0.4) is 0 Å².